The van der Waals surface area contributed by atoms with E-state index < -0.39 is 6.10 Å². The first-order valence-electron chi connectivity index (χ1n) is 8.52. The maximum Gasteiger partial charge on any atom is 0.259 e. The summed E-state index contributed by atoms with van der Waals surface area (Å²) in [6.07, 6.45) is 3.08. The minimum atomic E-state index is -0.635. The number of benzene rings is 1. The number of carbonyl (C=O) groups excluding carboxylic acids is 1. The van der Waals surface area contributed by atoms with Crippen molar-refractivity contribution in [1.29, 1.82) is 0 Å². The van der Waals surface area contributed by atoms with E-state index in [1.807, 2.05) is 31.1 Å². The van der Waals surface area contributed by atoms with Gasteiger partial charge in [-0.2, -0.15) is 0 Å². The van der Waals surface area contributed by atoms with Gasteiger partial charge in [-0.3, -0.25) is 4.79 Å². The third kappa shape index (κ3) is 4.21. The molecule has 0 fully saturated rings. The molecule has 2 N–H and O–H groups in total. The van der Waals surface area contributed by atoms with E-state index in [0.717, 1.165) is 19.4 Å². The predicted molar refractivity (Wildman–Crippen MR) is 95.1 cm³/mol. The Morgan fingerprint density at radius 3 is 3.08 bits per heavy atom. The SMILES string of the molecule is CN(C)CCOc1cccc(NC(=O)c2coc3c2C(O)CCC3)c1. The van der Waals surface area contributed by atoms with E-state index in [1.54, 1.807) is 12.1 Å². The van der Waals surface area contributed by atoms with Crippen molar-refractivity contribution in [2.75, 3.05) is 32.6 Å². The number of aliphatic hydroxyl groups is 1. The van der Waals surface area contributed by atoms with Crippen molar-refractivity contribution in [2.24, 2.45) is 0 Å². The average Bonchev–Trinajstić information content (AvgIpc) is 3.00. The molecular formula is C19H24N2O4. The highest BCUT2D eigenvalue weighted by molar-refractivity contribution is 6.05. The van der Waals surface area contributed by atoms with Crippen LogP contribution in [0, 0.1) is 0 Å². The molecule has 0 aliphatic heterocycles. The lowest BCUT2D eigenvalue weighted by molar-refractivity contribution is 0.101. The molecular weight excluding hydrogens is 320 g/mol. The van der Waals surface area contributed by atoms with E-state index in [9.17, 15) is 9.90 Å². The second-order valence-corrected chi connectivity index (χ2v) is 6.53. The van der Waals surface area contributed by atoms with E-state index in [1.165, 1.54) is 6.26 Å². The number of fused-ring (bicyclic) bond motifs is 1. The smallest absolute Gasteiger partial charge is 0.259 e. The Hall–Kier alpha value is -2.31. The van der Waals surface area contributed by atoms with Crippen molar-refractivity contribution in [1.82, 2.24) is 4.90 Å². The fraction of sp³-hybridized carbons (Fsp3) is 0.421. The van der Waals surface area contributed by atoms with E-state index in [4.69, 9.17) is 9.15 Å². The molecule has 1 atom stereocenters. The van der Waals surface area contributed by atoms with Crippen LogP contribution in [0.25, 0.3) is 0 Å². The Labute approximate surface area is 147 Å². The molecule has 1 amide bonds. The lowest BCUT2D eigenvalue weighted by Crippen LogP contribution is -2.19. The number of ether oxygens (including phenoxy) is 1. The summed E-state index contributed by atoms with van der Waals surface area (Å²) in [5, 5.41) is 13.0. The van der Waals surface area contributed by atoms with Gasteiger partial charge in [0, 0.05) is 30.3 Å². The fourth-order valence-electron chi connectivity index (χ4n) is 2.95. The first kappa shape index (κ1) is 17.5. The van der Waals surface area contributed by atoms with Crippen LogP contribution < -0.4 is 10.1 Å². The Balaban J connectivity index is 1.68. The molecule has 0 bridgehead atoms. The third-order valence-electron chi connectivity index (χ3n) is 4.27. The Morgan fingerprint density at radius 2 is 2.28 bits per heavy atom. The van der Waals surface area contributed by atoms with Gasteiger partial charge in [0.1, 0.15) is 24.4 Å². The molecule has 1 aromatic carbocycles. The summed E-state index contributed by atoms with van der Waals surface area (Å²) >= 11 is 0. The molecule has 0 saturated heterocycles. The summed E-state index contributed by atoms with van der Waals surface area (Å²) in [5.74, 6) is 1.13. The number of likely N-dealkylation sites (N-methyl/N-ethyl adjacent to an activating group) is 1. The lowest BCUT2D eigenvalue weighted by Gasteiger charge is -2.17. The minimum Gasteiger partial charge on any atom is -0.492 e. The zero-order valence-corrected chi connectivity index (χ0v) is 14.6. The van der Waals surface area contributed by atoms with E-state index in [-0.39, 0.29) is 5.91 Å². The molecule has 2 aromatic rings. The quantitative estimate of drug-likeness (QED) is 0.843. The maximum atomic E-state index is 12.6. The number of hydrogen-bond acceptors (Lipinski definition) is 5. The molecule has 6 nitrogen and oxygen atoms in total. The van der Waals surface area contributed by atoms with Crippen LogP contribution in [-0.4, -0.2) is 43.2 Å². The summed E-state index contributed by atoms with van der Waals surface area (Å²) in [4.78, 5) is 14.6. The van der Waals surface area contributed by atoms with Gasteiger partial charge in [0.2, 0.25) is 0 Å². The molecule has 1 aliphatic rings. The average molecular weight is 344 g/mol. The summed E-state index contributed by atoms with van der Waals surface area (Å²) in [6, 6.07) is 7.28. The molecule has 1 aliphatic carbocycles. The Bertz CT molecular complexity index is 739. The number of furan rings is 1. The zero-order valence-electron chi connectivity index (χ0n) is 14.6. The number of nitrogens with one attached hydrogen (secondary N) is 1. The largest absolute Gasteiger partial charge is 0.492 e. The zero-order chi connectivity index (χ0) is 17.8. The van der Waals surface area contributed by atoms with Crippen LogP contribution in [0.1, 0.15) is 40.6 Å². The van der Waals surface area contributed by atoms with Crippen LogP contribution in [0.2, 0.25) is 0 Å². The molecule has 1 unspecified atom stereocenters. The first-order chi connectivity index (χ1) is 12.0. The fourth-order valence-corrected chi connectivity index (χ4v) is 2.95. The number of aliphatic hydroxyl groups excluding tert-OH is 1. The number of amides is 1. The van der Waals surface area contributed by atoms with Gasteiger partial charge in [0.25, 0.3) is 5.91 Å². The second kappa shape index (κ2) is 7.72. The monoisotopic (exact) mass is 344 g/mol. The Kier molecular flexibility index (Phi) is 5.40. The minimum absolute atomic E-state index is 0.281. The van der Waals surface area contributed by atoms with Gasteiger partial charge in [0.15, 0.2) is 0 Å². The molecule has 1 aromatic heterocycles. The normalized spacial score (nSPS) is 16.6. The number of hydrogen-bond donors (Lipinski definition) is 2. The van der Waals surface area contributed by atoms with Crippen molar-refractivity contribution in [3.05, 3.63) is 47.4 Å². The summed E-state index contributed by atoms with van der Waals surface area (Å²) in [6.45, 7) is 1.39. The highest BCUT2D eigenvalue weighted by Gasteiger charge is 2.28. The van der Waals surface area contributed by atoms with Gasteiger partial charge in [0.05, 0.1) is 11.7 Å². The number of anilines is 1. The number of rotatable bonds is 6. The van der Waals surface area contributed by atoms with Crippen LogP contribution in [0.5, 0.6) is 5.75 Å². The molecule has 0 radical (unpaired) electrons. The maximum absolute atomic E-state index is 12.6. The van der Waals surface area contributed by atoms with Gasteiger partial charge >= 0.3 is 0 Å². The third-order valence-corrected chi connectivity index (χ3v) is 4.27. The highest BCUT2D eigenvalue weighted by atomic mass is 16.5. The number of nitrogens with zero attached hydrogens (tertiary/aromatic N) is 1. The van der Waals surface area contributed by atoms with Crippen LogP contribution in [-0.2, 0) is 6.42 Å². The molecule has 25 heavy (non-hydrogen) atoms. The van der Waals surface area contributed by atoms with Crippen molar-refractivity contribution in [2.45, 2.75) is 25.4 Å². The number of carbonyl (C=O) groups is 1. The van der Waals surface area contributed by atoms with Gasteiger partial charge in [-0.15, -0.1) is 0 Å². The summed E-state index contributed by atoms with van der Waals surface area (Å²) in [5.41, 5.74) is 1.68. The van der Waals surface area contributed by atoms with Crippen molar-refractivity contribution < 1.29 is 19.1 Å². The molecule has 0 saturated carbocycles. The summed E-state index contributed by atoms with van der Waals surface area (Å²) in [7, 11) is 3.97. The van der Waals surface area contributed by atoms with Crippen LogP contribution in [0.3, 0.4) is 0 Å². The van der Waals surface area contributed by atoms with Crippen molar-refractivity contribution >= 4 is 11.6 Å². The second-order valence-electron chi connectivity index (χ2n) is 6.53. The lowest BCUT2D eigenvalue weighted by atomic mass is 9.92. The Morgan fingerprint density at radius 1 is 1.44 bits per heavy atom. The molecule has 0 spiro atoms. The van der Waals surface area contributed by atoms with Gasteiger partial charge in [-0.1, -0.05) is 6.07 Å². The van der Waals surface area contributed by atoms with E-state index in [2.05, 4.69) is 5.32 Å². The molecule has 1 heterocycles. The van der Waals surface area contributed by atoms with Crippen LogP contribution in [0.15, 0.2) is 34.9 Å². The van der Waals surface area contributed by atoms with Crippen LogP contribution >= 0.6 is 0 Å². The highest BCUT2D eigenvalue weighted by Crippen LogP contribution is 2.34. The molecule has 3 rings (SSSR count). The van der Waals surface area contributed by atoms with E-state index in [0.29, 0.717) is 41.4 Å². The van der Waals surface area contributed by atoms with Crippen LogP contribution in [0.4, 0.5) is 5.69 Å². The predicted octanol–water partition coefficient (Wildman–Crippen LogP) is 2.84. The van der Waals surface area contributed by atoms with Gasteiger partial charge < -0.3 is 24.5 Å². The van der Waals surface area contributed by atoms with Crippen molar-refractivity contribution in [3.63, 3.8) is 0 Å². The topological polar surface area (TPSA) is 74.9 Å². The van der Waals surface area contributed by atoms with Gasteiger partial charge in [-0.25, -0.2) is 0 Å². The molecule has 6 heteroatoms. The van der Waals surface area contributed by atoms with E-state index >= 15 is 0 Å². The van der Waals surface area contributed by atoms with Gasteiger partial charge in [-0.05, 0) is 39.1 Å². The standard InChI is InChI=1S/C19H24N2O4/c1-21(2)9-10-24-14-6-3-5-13(11-14)20-19(23)15-12-25-17-8-4-7-16(22)18(15)17/h3,5-6,11-12,16,22H,4,7-10H2,1-2H3,(H,20,23). The first-order valence-corrected chi connectivity index (χ1v) is 8.52. The van der Waals surface area contributed by atoms with Crippen molar-refractivity contribution in [3.8, 4) is 5.75 Å². The molecule has 134 valence electrons. The summed E-state index contributed by atoms with van der Waals surface area (Å²) < 4.78 is 11.2. The number of aryl methyl sites for hydroxylation is 1.